The number of ether oxygens (including phenoxy) is 1. The van der Waals surface area contributed by atoms with E-state index in [9.17, 15) is 4.79 Å². The van der Waals surface area contributed by atoms with E-state index in [4.69, 9.17) is 4.74 Å². The Morgan fingerprint density at radius 2 is 2.00 bits per heavy atom. The minimum Gasteiger partial charge on any atom is -0.445 e. The van der Waals surface area contributed by atoms with Gasteiger partial charge in [0.1, 0.15) is 6.10 Å². The Bertz CT molecular complexity index is 589. The molecule has 0 radical (unpaired) electrons. The van der Waals surface area contributed by atoms with E-state index >= 15 is 0 Å². The molecule has 0 saturated carbocycles. The molecule has 4 nitrogen and oxygen atoms in total. The molecule has 132 valence electrons. The molecule has 0 aliphatic carbocycles. The molecule has 3 heterocycles. The van der Waals surface area contributed by atoms with Crippen LogP contribution in [0.25, 0.3) is 0 Å². The molecule has 1 aromatic rings. The first-order chi connectivity index (χ1) is 11.3. The number of carbonyl (C=O) groups excluding carboxylic acids is 1. The van der Waals surface area contributed by atoms with E-state index in [1.54, 1.807) is 0 Å². The molecular weight excluding hydrogens is 300 g/mol. The van der Waals surface area contributed by atoms with Crippen LogP contribution in [0.5, 0.6) is 0 Å². The number of piperidine rings is 3. The summed E-state index contributed by atoms with van der Waals surface area (Å²) in [6.45, 7) is 11.6. The predicted octanol–water partition coefficient (Wildman–Crippen LogP) is 3.87. The van der Waals surface area contributed by atoms with Gasteiger partial charge in [0.15, 0.2) is 0 Å². The van der Waals surface area contributed by atoms with Crippen molar-refractivity contribution in [2.24, 2.45) is 5.92 Å². The summed E-state index contributed by atoms with van der Waals surface area (Å²) >= 11 is 0. The lowest BCUT2D eigenvalue weighted by atomic mass is 9.86. The first-order valence-electron chi connectivity index (χ1n) is 9.17. The van der Waals surface area contributed by atoms with Gasteiger partial charge in [0.25, 0.3) is 0 Å². The molecule has 4 heteroatoms. The molecule has 3 aliphatic rings. The van der Waals surface area contributed by atoms with Crippen LogP contribution in [0, 0.1) is 5.92 Å². The van der Waals surface area contributed by atoms with Crippen molar-refractivity contribution in [3.05, 3.63) is 35.4 Å². The monoisotopic (exact) mass is 330 g/mol. The number of alkyl carbamates (subject to hydrolysis) is 1. The van der Waals surface area contributed by atoms with Crippen LogP contribution >= 0.6 is 0 Å². The van der Waals surface area contributed by atoms with Crippen LogP contribution in [-0.2, 0) is 10.3 Å². The number of nitrogens with zero attached hydrogens (tertiary/aromatic N) is 1. The van der Waals surface area contributed by atoms with Gasteiger partial charge in [-0.2, -0.15) is 0 Å². The summed E-state index contributed by atoms with van der Waals surface area (Å²) in [7, 11) is 0. The molecule has 1 aromatic carbocycles. The Hall–Kier alpha value is -1.55. The summed E-state index contributed by atoms with van der Waals surface area (Å²) in [6.07, 6.45) is 2.05. The highest BCUT2D eigenvalue weighted by molar-refractivity contribution is 5.69. The van der Waals surface area contributed by atoms with E-state index in [0.29, 0.717) is 11.8 Å². The number of fused-ring (bicyclic) bond motifs is 3. The first kappa shape index (κ1) is 17.3. The van der Waals surface area contributed by atoms with E-state index in [-0.39, 0.29) is 12.2 Å². The van der Waals surface area contributed by atoms with Crippen molar-refractivity contribution >= 4 is 6.09 Å². The van der Waals surface area contributed by atoms with Gasteiger partial charge in [-0.05, 0) is 62.7 Å². The second-order valence-electron chi connectivity index (χ2n) is 8.11. The van der Waals surface area contributed by atoms with Gasteiger partial charge in [0, 0.05) is 6.54 Å². The average Bonchev–Trinajstić information content (AvgIpc) is 2.55. The van der Waals surface area contributed by atoms with Crippen molar-refractivity contribution in [3.8, 4) is 0 Å². The molecule has 3 aliphatic heterocycles. The van der Waals surface area contributed by atoms with Crippen molar-refractivity contribution in [1.29, 1.82) is 0 Å². The Labute approximate surface area is 145 Å². The summed E-state index contributed by atoms with van der Waals surface area (Å²) < 4.78 is 5.77. The van der Waals surface area contributed by atoms with Crippen LogP contribution in [0.2, 0.25) is 0 Å². The molecule has 1 amide bonds. The summed E-state index contributed by atoms with van der Waals surface area (Å²) in [4.78, 5) is 14.8. The lowest BCUT2D eigenvalue weighted by molar-refractivity contribution is -0.0349. The maximum Gasteiger partial charge on any atom is 0.408 e. The second-order valence-corrected chi connectivity index (χ2v) is 8.11. The summed E-state index contributed by atoms with van der Waals surface area (Å²) in [5.74, 6) is 1.01. The lowest BCUT2D eigenvalue weighted by Gasteiger charge is -2.44. The van der Waals surface area contributed by atoms with Gasteiger partial charge in [0.05, 0.1) is 5.54 Å². The van der Waals surface area contributed by atoms with Gasteiger partial charge >= 0.3 is 6.09 Å². The van der Waals surface area contributed by atoms with E-state index in [0.717, 1.165) is 38.0 Å². The number of rotatable bonds is 4. The summed E-state index contributed by atoms with van der Waals surface area (Å²) in [6, 6.07) is 8.45. The van der Waals surface area contributed by atoms with E-state index < -0.39 is 5.54 Å². The fourth-order valence-corrected chi connectivity index (χ4v) is 3.83. The molecule has 2 bridgehead atoms. The molecule has 1 unspecified atom stereocenters. The maximum absolute atomic E-state index is 12.4. The van der Waals surface area contributed by atoms with Crippen LogP contribution in [0.1, 0.15) is 57.6 Å². The highest BCUT2D eigenvalue weighted by atomic mass is 16.6. The zero-order valence-corrected chi connectivity index (χ0v) is 15.3. The fourth-order valence-electron chi connectivity index (χ4n) is 3.83. The predicted molar refractivity (Wildman–Crippen MR) is 96.1 cm³/mol. The van der Waals surface area contributed by atoms with Crippen LogP contribution in [-0.4, -0.2) is 36.7 Å². The molecule has 1 N–H and O–H groups in total. The van der Waals surface area contributed by atoms with Crippen LogP contribution < -0.4 is 5.32 Å². The Kier molecular flexibility index (Phi) is 4.86. The minimum atomic E-state index is -0.448. The highest BCUT2D eigenvalue weighted by Crippen LogP contribution is 2.30. The fraction of sp³-hybridized carbons (Fsp3) is 0.650. The Balaban J connectivity index is 1.63. The van der Waals surface area contributed by atoms with Gasteiger partial charge in [-0.1, -0.05) is 38.1 Å². The van der Waals surface area contributed by atoms with Crippen LogP contribution in [0.4, 0.5) is 4.79 Å². The molecule has 3 fully saturated rings. The largest absolute Gasteiger partial charge is 0.445 e. The number of carbonyl (C=O) groups is 1. The third-order valence-electron chi connectivity index (χ3n) is 5.54. The molecule has 3 saturated heterocycles. The molecular formula is C20H30N2O2. The molecule has 24 heavy (non-hydrogen) atoms. The van der Waals surface area contributed by atoms with Crippen molar-refractivity contribution in [1.82, 2.24) is 10.2 Å². The normalized spacial score (nSPS) is 26.5. The molecule has 4 rings (SSSR count). The Morgan fingerprint density at radius 3 is 2.58 bits per heavy atom. The quantitative estimate of drug-likeness (QED) is 0.911. The summed E-state index contributed by atoms with van der Waals surface area (Å²) in [5.41, 5.74) is 1.95. The standard InChI is InChI=1S/C20H30N2O2/c1-14(2)16-6-5-7-17(12-16)20(3,4)21-19(23)24-18-13-22-10-8-15(18)9-11-22/h5-7,12,14-15,18H,8-11,13H2,1-4H3,(H,21,23). The van der Waals surface area contributed by atoms with E-state index in [2.05, 4.69) is 48.3 Å². The van der Waals surface area contributed by atoms with Gasteiger partial charge in [-0.25, -0.2) is 4.79 Å². The zero-order valence-electron chi connectivity index (χ0n) is 15.3. The number of benzene rings is 1. The van der Waals surface area contributed by atoms with E-state index in [1.807, 2.05) is 13.8 Å². The maximum atomic E-state index is 12.4. The van der Waals surface area contributed by atoms with Crippen molar-refractivity contribution in [2.45, 2.75) is 58.1 Å². The third-order valence-corrected chi connectivity index (χ3v) is 5.54. The smallest absolute Gasteiger partial charge is 0.408 e. The second kappa shape index (κ2) is 6.75. The Morgan fingerprint density at radius 1 is 1.29 bits per heavy atom. The molecule has 1 atom stereocenters. The number of nitrogens with one attached hydrogen (secondary N) is 1. The van der Waals surface area contributed by atoms with Gasteiger partial charge in [0.2, 0.25) is 0 Å². The van der Waals surface area contributed by atoms with Crippen molar-refractivity contribution in [3.63, 3.8) is 0 Å². The third kappa shape index (κ3) is 3.75. The SMILES string of the molecule is CC(C)c1cccc(C(C)(C)NC(=O)OC2CN3CCC2CC3)c1. The average molecular weight is 330 g/mol. The lowest BCUT2D eigenvalue weighted by Crippen LogP contribution is -2.53. The van der Waals surface area contributed by atoms with Crippen molar-refractivity contribution < 1.29 is 9.53 Å². The van der Waals surface area contributed by atoms with Gasteiger partial charge in [-0.15, -0.1) is 0 Å². The van der Waals surface area contributed by atoms with E-state index in [1.165, 1.54) is 5.56 Å². The number of hydrogen-bond donors (Lipinski definition) is 1. The number of hydrogen-bond acceptors (Lipinski definition) is 3. The minimum absolute atomic E-state index is 0.0466. The topological polar surface area (TPSA) is 41.6 Å². The van der Waals surface area contributed by atoms with Crippen LogP contribution in [0.15, 0.2) is 24.3 Å². The molecule has 0 aromatic heterocycles. The molecule has 0 spiro atoms. The van der Waals surface area contributed by atoms with Gasteiger partial charge < -0.3 is 10.1 Å². The summed E-state index contributed by atoms with van der Waals surface area (Å²) in [5, 5.41) is 3.07. The van der Waals surface area contributed by atoms with Crippen molar-refractivity contribution in [2.75, 3.05) is 19.6 Å². The first-order valence-corrected chi connectivity index (χ1v) is 9.17. The number of amides is 1. The van der Waals surface area contributed by atoms with Gasteiger partial charge in [-0.3, -0.25) is 4.90 Å². The highest BCUT2D eigenvalue weighted by Gasteiger charge is 2.37. The zero-order chi connectivity index (χ0) is 17.3. The van der Waals surface area contributed by atoms with Crippen LogP contribution in [0.3, 0.4) is 0 Å².